The first kappa shape index (κ1) is 12.7. The molecule has 0 aromatic heterocycles. The number of methoxy groups -OCH3 is 1. The van der Waals surface area contributed by atoms with Gasteiger partial charge in [-0.15, -0.1) is 12.4 Å². The van der Waals surface area contributed by atoms with E-state index in [0.717, 1.165) is 13.0 Å². The topological polar surface area (TPSA) is 38.3 Å². The average Bonchev–Trinajstić information content (AvgIpc) is 2.03. The predicted octanol–water partition coefficient (Wildman–Crippen LogP) is 1.22. The van der Waals surface area contributed by atoms with Crippen molar-refractivity contribution in [1.82, 2.24) is 5.32 Å². The molecule has 3 atom stereocenters. The fourth-order valence-corrected chi connectivity index (χ4v) is 1.91. The Balaban J connectivity index is 0.00000144. The highest BCUT2D eigenvalue weighted by Crippen LogP contribution is 2.23. The fourth-order valence-electron chi connectivity index (χ4n) is 1.91. The third kappa shape index (κ3) is 2.85. The van der Waals surface area contributed by atoms with E-state index in [-0.39, 0.29) is 30.3 Å². The van der Waals surface area contributed by atoms with Crippen molar-refractivity contribution in [2.45, 2.75) is 26.3 Å². The van der Waals surface area contributed by atoms with E-state index in [0.29, 0.717) is 5.92 Å². The van der Waals surface area contributed by atoms with E-state index in [9.17, 15) is 4.79 Å². The standard InChI is InChI=1S/C9H17NO2.ClH/c1-6-4-5-10-7(2)8(6)9(11)12-3;/h6-8,10H,4-5H2,1-3H3;1H/t6-,7-,8-;/m1./s1. The van der Waals surface area contributed by atoms with Gasteiger partial charge in [0.2, 0.25) is 0 Å². The first-order chi connectivity index (χ1) is 5.66. The van der Waals surface area contributed by atoms with Crippen molar-refractivity contribution in [2.75, 3.05) is 13.7 Å². The quantitative estimate of drug-likeness (QED) is 0.657. The number of hydrogen-bond acceptors (Lipinski definition) is 3. The summed E-state index contributed by atoms with van der Waals surface area (Å²) in [6.45, 7) is 5.16. The zero-order chi connectivity index (χ0) is 9.14. The van der Waals surface area contributed by atoms with E-state index >= 15 is 0 Å². The molecule has 0 aromatic rings. The molecule has 0 radical (unpaired) electrons. The number of halogens is 1. The monoisotopic (exact) mass is 207 g/mol. The maximum absolute atomic E-state index is 11.3. The highest BCUT2D eigenvalue weighted by atomic mass is 35.5. The predicted molar refractivity (Wildman–Crippen MR) is 54.0 cm³/mol. The van der Waals surface area contributed by atoms with Crippen LogP contribution in [-0.4, -0.2) is 25.7 Å². The molecule has 1 aliphatic rings. The van der Waals surface area contributed by atoms with Gasteiger partial charge in [-0.1, -0.05) is 6.92 Å². The van der Waals surface area contributed by atoms with Gasteiger partial charge in [0.15, 0.2) is 0 Å². The normalized spacial score (nSPS) is 33.3. The molecule has 0 unspecified atom stereocenters. The molecule has 0 aliphatic carbocycles. The van der Waals surface area contributed by atoms with E-state index in [1.165, 1.54) is 7.11 Å². The van der Waals surface area contributed by atoms with Gasteiger partial charge in [-0.3, -0.25) is 4.79 Å². The number of esters is 1. The number of piperidine rings is 1. The van der Waals surface area contributed by atoms with Gasteiger partial charge in [-0.2, -0.15) is 0 Å². The number of rotatable bonds is 1. The smallest absolute Gasteiger partial charge is 0.310 e. The van der Waals surface area contributed by atoms with Crippen LogP contribution in [0.4, 0.5) is 0 Å². The third-order valence-corrected chi connectivity index (χ3v) is 2.69. The molecule has 4 heteroatoms. The molecular weight excluding hydrogens is 190 g/mol. The molecule has 1 aliphatic heterocycles. The Kier molecular flexibility index (Phi) is 5.33. The molecule has 0 amide bonds. The molecule has 3 nitrogen and oxygen atoms in total. The molecule has 1 rings (SSSR count). The number of carbonyl (C=O) groups is 1. The van der Waals surface area contributed by atoms with Crippen molar-refractivity contribution in [2.24, 2.45) is 11.8 Å². The summed E-state index contributed by atoms with van der Waals surface area (Å²) in [5, 5.41) is 3.28. The summed E-state index contributed by atoms with van der Waals surface area (Å²) in [4.78, 5) is 11.3. The van der Waals surface area contributed by atoms with E-state index in [1.54, 1.807) is 0 Å². The van der Waals surface area contributed by atoms with Crippen LogP contribution in [0, 0.1) is 11.8 Å². The van der Waals surface area contributed by atoms with Gasteiger partial charge in [0.25, 0.3) is 0 Å². The molecule has 1 fully saturated rings. The van der Waals surface area contributed by atoms with Gasteiger partial charge in [0.1, 0.15) is 0 Å². The first-order valence-corrected chi connectivity index (χ1v) is 4.48. The molecule has 0 bridgehead atoms. The Bertz CT molecular complexity index is 165. The van der Waals surface area contributed by atoms with Gasteiger partial charge >= 0.3 is 5.97 Å². The largest absolute Gasteiger partial charge is 0.469 e. The summed E-state index contributed by atoms with van der Waals surface area (Å²) < 4.78 is 4.75. The van der Waals surface area contributed by atoms with Crippen LogP contribution in [0.3, 0.4) is 0 Å². The molecule has 1 saturated heterocycles. The summed E-state index contributed by atoms with van der Waals surface area (Å²) in [6, 6.07) is 0.251. The van der Waals surface area contributed by atoms with E-state index < -0.39 is 0 Å². The van der Waals surface area contributed by atoms with Crippen molar-refractivity contribution in [3.05, 3.63) is 0 Å². The van der Waals surface area contributed by atoms with Crippen LogP contribution in [-0.2, 0) is 9.53 Å². The molecule has 0 aromatic carbocycles. The van der Waals surface area contributed by atoms with Crippen LogP contribution in [0.25, 0.3) is 0 Å². The highest BCUT2D eigenvalue weighted by Gasteiger charge is 2.33. The molecule has 1 heterocycles. The van der Waals surface area contributed by atoms with Crippen LogP contribution < -0.4 is 5.32 Å². The minimum Gasteiger partial charge on any atom is -0.469 e. The second-order valence-corrected chi connectivity index (χ2v) is 3.56. The summed E-state index contributed by atoms with van der Waals surface area (Å²) >= 11 is 0. The molecule has 1 N–H and O–H groups in total. The highest BCUT2D eigenvalue weighted by molar-refractivity contribution is 5.85. The van der Waals surface area contributed by atoms with Gasteiger partial charge in [-0.05, 0) is 25.8 Å². The van der Waals surface area contributed by atoms with Crippen molar-refractivity contribution >= 4 is 18.4 Å². The molecule has 78 valence electrons. The number of hydrogen-bond donors (Lipinski definition) is 1. The zero-order valence-corrected chi connectivity index (χ0v) is 9.19. The summed E-state index contributed by atoms with van der Waals surface area (Å²) in [7, 11) is 1.45. The Morgan fingerprint density at radius 3 is 2.54 bits per heavy atom. The maximum Gasteiger partial charge on any atom is 0.310 e. The summed E-state index contributed by atoms with van der Waals surface area (Å²) in [5.41, 5.74) is 0. The molecule has 13 heavy (non-hydrogen) atoms. The second-order valence-electron chi connectivity index (χ2n) is 3.56. The van der Waals surface area contributed by atoms with Crippen molar-refractivity contribution < 1.29 is 9.53 Å². The van der Waals surface area contributed by atoms with Crippen LogP contribution >= 0.6 is 12.4 Å². The number of carbonyl (C=O) groups excluding carboxylic acids is 1. The lowest BCUT2D eigenvalue weighted by atomic mass is 9.83. The Labute approximate surface area is 85.6 Å². The molecule has 0 saturated carbocycles. The Hall–Kier alpha value is -0.280. The lowest BCUT2D eigenvalue weighted by molar-refractivity contribution is -0.149. The van der Waals surface area contributed by atoms with Crippen molar-refractivity contribution in [1.29, 1.82) is 0 Å². The summed E-state index contributed by atoms with van der Waals surface area (Å²) in [5.74, 6) is 0.389. The Morgan fingerprint density at radius 2 is 2.08 bits per heavy atom. The van der Waals surface area contributed by atoms with Crippen LogP contribution in [0.2, 0.25) is 0 Å². The van der Waals surface area contributed by atoms with Gasteiger partial charge in [0, 0.05) is 6.04 Å². The SMILES string of the molecule is COC(=O)[C@@H]1[C@H](C)CCN[C@@H]1C.Cl. The molecule has 0 spiro atoms. The lowest BCUT2D eigenvalue weighted by Gasteiger charge is -2.33. The van der Waals surface area contributed by atoms with Crippen LogP contribution in [0.5, 0.6) is 0 Å². The van der Waals surface area contributed by atoms with Gasteiger partial charge < -0.3 is 10.1 Å². The first-order valence-electron chi connectivity index (χ1n) is 4.48. The van der Waals surface area contributed by atoms with Gasteiger partial charge in [-0.25, -0.2) is 0 Å². The van der Waals surface area contributed by atoms with Crippen LogP contribution in [0.15, 0.2) is 0 Å². The lowest BCUT2D eigenvalue weighted by Crippen LogP contribution is -2.47. The number of nitrogens with one attached hydrogen (secondary N) is 1. The second kappa shape index (κ2) is 5.45. The zero-order valence-electron chi connectivity index (χ0n) is 8.37. The minimum atomic E-state index is -0.0813. The summed E-state index contributed by atoms with van der Waals surface area (Å²) in [6.07, 6.45) is 1.06. The Morgan fingerprint density at radius 1 is 1.46 bits per heavy atom. The van der Waals surface area contributed by atoms with E-state index in [2.05, 4.69) is 12.2 Å². The van der Waals surface area contributed by atoms with E-state index in [4.69, 9.17) is 4.74 Å². The number of ether oxygens (including phenoxy) is 1. The fraction of sp³-hybridized carbons (Fsp3) is 0.889. The van der Waals surface area contributed by atoms with Crippen LogP contribution in [0.1, 0.15) is 20.3 Å². The molecular formula is C9H18ClNO2. The minimum absolute atomic E-state index is 0. The maximum atomic E-state index is 11.3. The van der Waals surface area contributed by atoms with E-state index in [1.807, 2.05) is 6.92 Å². The van der Waals surface area contributed by atoms with Crippen molar-refractivity contribution in [3.8, 4) is 0 Å². The van der Waals surface area contributed by atoms with Crippen molar-refractivity contribution in [3.63, 3.8) is 0 Å². The third-order valence-electron chi connectivity index (χ3n) is 2.69. The average molecular weight is 208 g/mol. The van der Waals surface area contributed by atoms with Gasteiger partial charge in [0.05, 0.1) is 13.0 Å².